The van der Waals surface area contributed by atoms with Crippen LogP contribution in [0.4, 0.5) is 5.69 Å². The van der Waals surface area contributed by atoms with E-state index in [1.54, 1.807) is 0 Å². The monoisotopic (exact) mass is 386 g/mol. The lowest BCUT2D eigenvalue weighted by Gasteiger charge is -2.12. The zero-order chi connectivity index (χ0) is 19.6. The molecule has 0 atom stereocenters. The lowest BCUT2D eigenvalue weighted by atomic mass is 10.1. The van der Waals surface area contributed by atoms with Crippen molar-refractivity contribution in [2.75, 3.05) is 25.0 Å². The molecule has 0 saturated heterocycles. The SMILES string of the molecule is CCCCCNc1ccc(S(=O)(=O)NCCCOC(C)C)cc1C(=O)O. The van der Waals surface area contributed by atoms with Gasteiger partial charge >= 0.3 is 5.97 Å². The smallest absolute Gasteiger partial charge is 0.337 e. The highest BCUT2D eigenvalue weighted by molar-refractivity contribution is 7.89. The molecule has 0 amide bonds. The van der Waals surface area contributed by atoms with E-state index >= 15 is 0 Å². The number of rotatable bonds is 13. The zero-order valence-corrected chi connectivity index (χ0v) is 16.6. The summed E-state index contributed by atoms with van der Waals surface area (Å²) < 4.78 is 32.5. The number of unbranched alkanes of at least 4 members (excludes halogenated alkanes) is 2. The first-order valence-electron chi connectivity index (χ1n) is 9.00. The average molecular weight is 387 g/mol. The van der Waals surface area contributed by atoms with E-state index in [9.17, 15) is 18.3 Å². The standard InChI is InChI=1S/C18H30N2O5S/c1-4-5-6-10-19-17-9-8-15(13-16(17)18(21)22)26(23,24)20-11-7-12-25-14(2)3/h8-9,13-14,19-20H,4-7,10-12H2,1-3H3,(H,21,22). The second kappa shape index (κ2) is 11.2. The molecule has 7 nitrogen and oxygen atoms in total. The molecule has 0 heterocycles. The topological polar surface area (TPSA) is 105 Å². The summed E-state index contributed by atoms with van der Waals surface area (Å²) in [6.45, 7) is 7.25. The Kier molecular flexibility index (Phi) is 9.61. The molecule has 8 heteroatoms. The molecule has 0 fully saturated rings. The van der Waals surface area contributed by atoms with E-state index < -0.39 is 16.0 Å². The predicted octanol–water partition coefficient (Wildman–Crippen LogP) is 3.08. The van der Waals surface area contributed by atoms with Crippen LogP contribution >= 0.6 is 0 Å². The van der Waals surface area contributed by atoms with Crippen LogP contribution in [-0.4, -0.2) is 45.3 Å². The van der Waals surface area contributed by atoms with E-state index in [4.69, 9.17) is 4.74 Å². The molecule has 0 unspecified atom stereocenters. The molecule has 0 aliphatic rings. The van der Waals surface area contributed by atoms with Crippen LogP contribution in [0.3, 0.4) is 0 Å². The molecule has 3 N–H and O–H groups in total. The van der Waals surface area contributed by atoms with Gasteiger partial charge < -0.3 is 15.2 Å². The van der Waals surface area contributed by atoms with Crippen molar-refractivity contribution in [3.8, 4) is 0 Å². The number of aromatic carboxylic acids is 1. The van der Waals surface area contributed by atoms with Crippen LogP contribution in [0.25, 0.3) is 0 Å². The van der Waals surface area contributed by atoms with Gasteiger partial charge in [-0.25, -0.2) is 17.9 Å². The van der Waals surface area contributed by atoms with Gasteiger partial charge in [0.1, 0.15) is 0 Å². The number of benzene rings is 1. The third-order valence-corrected chi connectivity index (χ3v) is 5.15. The molecule has 26 heavy (non-hydrogen) atoms. The highest BCUT2D eigenvalue weighted by Crippen LogP contribution is 2.21. The van der Waals surface area contributed by atoms with Gasteiger partial charge in [-0.2, -0.15) is 0 Å². The normalized spacial score (nSPS) is 11.7. The van der Waals surface area contributed by atoms with Crippen molar-refractivity contribution in [3.63, 3.8) is 0 Å². The Morgan fingerprint density at radius 3 is 2.54 bits per heavy atom. The van der Waals surface area contributed by atoms with E-state index in [1.807, 2.05) is 13.8 Å². The largest absolute Gasteiger partial charge is 0.478 e. The Labute approximate surface area is 156 Å². The molecule has 1 aromatic rings. The summed E-state index contributed by atoms with van der Waals surface area (Å²) in [5.74, 6) is -1.16. The van der Waals surface area contributed by atoms with Crippen molar-refractivity contribution < 1.29 is 23.1 Å². The minimum atomic E-state index is -3.76. The molecule has 0 aliphatic heterocycles. The minimum Gasteiger partial charge on any atom is -0.478 e. The molecule has 0 bridgehead atoms. The van der Waals surface area contributed by atoms with E-state index in [0.717, 1.165) is 19.3 Å². The summed E-state index contributed by atoms with van der Waals surface area (Å²) in [4.78, 5) is 11.4. The van der Waals surface area contributed by atoms with Gasteiger partial charge in [0.2, 0.25) is 10.0 Å². The molecule has 0 saturated carbocycles. The molecular weight excluding hydrogens is 356 g/mol. The van der Waals surface area contributed by atoms with Crippen LogP contribution in [-0.2, 0) is 14.8 Å². The summed E-state index contributed by atoms with van der Waals surface area (Å²) in [5.41, 5.74) is 0.380. The van der Waals surface area contributed by atoms with E-state index in [0.29, 0.717) is 25.3 Å². The number of carboxylic acid groups (broad SMARTS) is 1. The second-order valence-corrected chi connectivity index (χ2v) is 8.08. The van der Waals surface area contributed by atoms with Gasteiger partial charge in [-0.05, 0) is 44.9 Å². The highest BCUT2D eigenvalue weighted by Gasteiger charge is 2.18. The summed E-state index contributed by atoms with van der Waals surface area (Å²) in [7, 11) is -3.76. The van der Waals surface area contributed by atoms with Crippen LogP contribution in [0.1, 0.15) is 56.8 Å². The Morgan fingerprint density at radius 1 is 1.19 bits per heavy atom. The molecule has 1 rings (SSSR count). The van der Waals surface area contributed by atoms with Gasteiger partial charge in [-0.1, -0.05) is 19.8 Å². The van der Waals surface area contributed by atoms with E-state index in [1.165, 1.54) is 18.2 Å². The van der Waals surface area contributed by atoms with Crippen LogP contribution in [0.2, 0.25) is 0 Å². The van der Waals surface area contributed by atoms with Crippen molar-refractivity contribution in [2.45, 2.75) is 57.5 Å². The van der Waals surface area contributed by atoms with Gasteiger partial charge in [-0.15, -0.1) is 0 Å². The second-order valence-electron chi connectivity index (χ2n) is 6.32. The van der Waals surface area contributed by atoms with Crippen molar-refractivity contribution in [1.82, 2.24) is 4.72 Å². The maximum atomic E-state index is 12.3. The van der Waals surface area contributed by atoms with Crippen LogP contribution in [0.5, 0.6) is 0 Å². The molecule has 0 aromatic heterocycles. The maximum absolute atomic E-state index is 12.3. The van der Waals surface area contributed by atoms with E-state index in [-0.39, 0.29) is 23.1 Å². The van der Waals surface area contributed by atoms with Crippen molar-refractivity contribution in [2.24, 2.45) is 0 Å². The van der Waals surface area contributed by atoms with Crippen molar-refractivity contribution in [3.05, 3.63) is 23.8 Å². The lowest BCUT2D eigenvalue weighted by molar-refractivity contribution is 0.0697. The molecule has 0 aliphatic carbocycles. The number of ether oxygens (including phenoxy) is 1. The highest BCUT2D eigenvalue weighted by atomic mass is 32.2. The van der Waals surface area contributed by atoms with Gasteiger partial charge in [-0.3, -0.25) is 0 Å². The number of hydrogen-bond acceptors (Lipinski definition) is 5. The number of nitrogens with one attached hydrogen (secondary N) is 2. The van der Waals surface area contributed by atoms with Crippen LogP contribution in [0, 0.1) is 0 Å². The van der Waals surface area contributed by atoms with Crippen molar-refractivity contribution >= 4 is 21.7 Å². The molecule has 1 aromatic carbocycles. The number of sulfonamides is 1. The number of anilines is 1. The number of carboxylic acids is 1. The number of hydrogen-bond donors (Lipinski definition) is 3. The van der Waals surface area contributed by atoms with E-state index in [2.05, 4.69) is 17.0 Å². The third kappa shape index (κ3) is 7.72. The minimum absolute atomic E-state index is 0.0486. The number of carbonyl (C=O) groups is 1. The Bertz CT molecular complexity index is 674. The van der Waals surface area contributed by atoms with Crippen molar-refractivity contribution in [1.29, 1.82) is 0 Å². The first kappa shape index (κ1) is 22.4. The summed E-state index contributed by atoms with van der Waals surface area (Å²) in [6, 6.07) is 4.12. The zero-order valence-electron chi connectivity index (χ0n) is 15.7. The summed E-state index contributed by atoms with van der Waals surface area (Å²) >= 11 is 0. The molecule has 148 valence electrons. The lowest BCUT2D eigenvalue weighted by Crippen LogP contribution is -2.26. The Morgan fingerprint density at radius 2 is 1.92 bits per heavy atom. The summed E-state index contributed by atoms with van der Waals surface area (Å²) in [6.07, 6.45) is 3.68. The third-order valence-electron chi connectivity index (χ3n) is 3.69. The van der Waals surface area contributed by atoms with Gasteiger partial charge in [0.25, 0.3) is 0 Å². The Balaban J connectivity index is 2.75. The summed E-state index contributed by atoms with van der Waals surface area (Å²) in [5, 5.41) is 12.5. The van der Waals surface area contributed by atoms with Crippen LogP contribution in [0.15, 0.2) is 23.1 Å². The quantitative estimate of drug-likeness (QED) is 0.450. The first-order valence-corrected chi connectivity index (χ1v) is 10.5. The predicted molar refractivity (Wildman–Crippen MR) is 102 cm³/mol. The maximum Gasteiger partial charge on any atom is 0.337 e. The fourth-order valence-corrected chi connectivity index (χ4v) is 3.40. The van der Waals surface area contributed by atoms with Crippen LogP contribution < -0.4 is 10.0 Å². The first-order chi connectivity index (χ1) is 12.3. The van der Waals surface area contributed by atoms with Gasteiger partial charge in [0.15, 0.2) is 0 Å². The fraction of sp³-hybridized carbons (Fsp3) is 0.611. The Hall–Kier alpha value is -1.64. The molecule has 0 spiro atoms. The van der Waals surface area contributed by atoms with Gasteiger partial charge in [0, 0.05) is 25.4 Å². The average Bonchev–Trinajstić information content (AvgIpc) is 2.58. The molecule has 0 radical (unpaired) electrons. The molecular formula is C18H30N2O5S. The van der Waals surface area contributed by atoms with Gasteiger partial charge in [0.05, 0.1) is 16.6 Å². The fourth-order valence-electron chi connectivity index (χ4n) is 2.30.